The molecule has 0 fully saturated rings. The largest absolute Gasteiger partial charge is 0.472 e. The molecule has 0 spiro atoms. The third kappa shape index (κ3) is 10.4. The van der Waals surface area contributed by atoms with E-state index < -0.39 is 30.8 Å². The van der Waals surface area contributed by atoms with Gasteiger partial charge < -0.3 is 15.3 Å². The number of carbonyl (C=O) groups excluding carboxylic acids is 1. The summed E-state index contributed by atoms with van der Waals surface area (Å²) < 4.78 is 21.8. The number of carbonyl (C=O) groups is 1. The van der Waals surface area contributed by atoms with Gasteiger partial charge in [0.2, 0.25) is 5.91 Å². The first-order valence-corrected chi connectivity index (χ1v) is 9.59. The lowest BCUT2D eigenvalue weighted by molar-refractivity contribution is -0.137. The molecule has 0 rings (SSSR count). The van der Waals surface area contributed by atoms with Crippen molar-refractivity contribution in [1.29, 1.82) is 0 Å². The highest BCUT2D eigenvalue weighted by Crippen LogP contribution is 2.48. The molecule has 0 radical (unpaired) electrons. The lowest BCUT2D eigenvalue weighted by Crippen LogP contribution is -2.46. The molecular weight excluding hydrogens is 333 g/mol. The van der Waals surface area contributed by atoms with Gasteiger partial charge in [0.05, 0.1) is 12.2 Å². The van der Waals surface area contributed by atoms with Crippen LogP contribution in [0.3, 0.4) is 0 Å². The van der Waals surface area contributed by atoms with Crippen LogP contribution in [0.5, 0.6) is 0 Å². The molecule has 0 aliphatic heterocycles. The average molecular weight is 367 g/mol. The van der Waals surface area contributed by atoms with Crippen molar-refractivity contribution in [1.82, 2.24) is 5.32 Å². The molecule has 0 saturated heterocycles. The first-order valence-electron chi connectivity index (χ1n) is 8.09. The van der Waals surface area contributed by atoms with E-state index in [0.29, 0.717) is 6.54 Å². The summed E-state index contributed by atoms with van der Waals surface area (Å²) in [6.45, 7) is 14.4. The zero-order valence-electron chi connectivity index (χ0n) is 16.2. The van der Waals surface area contributed by atoms with E-state index in [1.807, 2.05) is 0 Å². The van der Waals surface area contributed by atoms with E-state index >= 15 is 0 Å². The van der Waals surface area contributed by atoms with Crippen LogP contribution < -0.4 is 5.32 Å². The molecule has 0 aromatic rings. The summed E-state index contributed by atoms with van der Waals surface area (Å²) in [5, 5.41) is 12.9. The van der Waals surface area contributed by atoms with Gasteiger partial charge in [-0.05, 0) is 32.6 Å². The van der Waals surface area contributed by atoms with Crippen LogP contribution in [0, 0.1) is 10.8 Å². The first kappa shape index (κ1) is 23.5. The number of nitrogens with one attached hydrogen (secondary N) is 1. The van der Waals surface area contributed by atoms with E-state index in [4.69, 9.17) is 9.05 Å². The zero-order chi connectivity index (χ0) is 19.4. The Balaban J connectivity index is 4.59. The second-order valence-electron chi connectivity index (χ2n) is 8.94. The Labute approximate surface area is 145 Å². The van der Waals surface area contributed by atoms with E-state index in [-0.39, 0.29) is 12.0 Å². The quantitative estimate of drug-likeness (QED) is 0.570. The standard InChI is InChI=1S/C16H34NO6P/c1-14(2,3)9-10-17-13(19)12(18)16(7,8)11-22-24(20,21)23-15(4,5)6/h12,18H,9-11H2,1-8H3,(H,17,19)(H,20,21)/t12-/m1/s1. The highest BCUT2D eigenvalue weighted by atomic mass is 31.2. The van der Waals surface area contributed by atoms with Crippen molar-refractivity contribution in [3.8, 4) is 0 Å². The van der Waals surface area contributed by atoms with Gasteiger partial charge in [0.25, 0.3) is 0 Å². The second kappa shape index (κ2) is 8.28. The second-order valence-corrected chi connectivity index (χ2v) is 10.3. The molecule has 0 heterocycles. The summed E-state index contributed by atoms with van der Waals surface area (Å²) in [5.41, 5.74) is -1.83. The van der Waals surface area contributed by atoms with Crippen LogP contribution in [-0.4, -0.2) is 40.8 Å². The summed E-state index contributed by atoms with van der Waals surface area (Å²) in [5.74, 6) is -0.530. The van der Waals surface area contributed by atoms with Crippen molar-refractivity contribution in [2.75, 3.05) is 13.2 Å². The van der Waals surface area contributed by atoms with Crippen molar-refractivity contribution in [3.05, 3.63) is 0 Å². The molecular formula is C16H34NO6P. The third-order valence-electron chi connectivity index (χ3n) is 3.15. The van der Waals surface area contributed by atoms with Crippen LogP contribution in [0.2, 0.25) is 0 Å². The number of aliphatic hydroxyl groups excluding tert-OH is 1. The lowest BCUT2D eigenvalue weighted by Gasteiger charge is -2.31. The predicted molar refractivity (Wildman–Crippen MR) is 93.5 cm³/mol. The Kier molecular flexibility index (Phi) is 8.12. The summed E-state index contributed by atoms with van der Waals surface area (Å²) in [6, 6.07) is 0. The molecule has 0 aliphatic carbocycles. The molecule has 0 aliphatic rings. The fraction of sp³-hybridized carbons (Fsp3) is 0.938. The van der Waals surface area contributed by atoms with E-state index in [1.165, 1.54) is 0 Å². The number of rotatable bonds is 8. The smallest absolute Gasteiger partial charge is 0.383 e. The van der Waals surface area contributed by atoms with Gasteiger partial charge in [0.15, 0.2) is 0 Å². The Bertz CT molecular complexity index is 464. The van der Waals surface area contributed by atoms with Crippen molar-refractivity contribution < 1.29 is 28.4 Å². The van der Waals surface area contributed by atoms with Crippen molar-refractivity contribution in [2.24, 2.45) is 10.8 Å². The molecule has 0 bridgehead atoms. The first-order chi connectivity index (χ1) is 10.5. The Hall–Kier alpha value is -0.460. The minimum atomic E-state index is -4.27. The van der Waals surface area contributed by atoms with Crippen LogP contribution in [0.1, 0.15) is 61.8 Å². The Morgan fingerprint density at radius 1 is 1.12 bits per heavy atom. The topological polar surface area (TPSA) is 105 Å². The van der Waals surface area contributed by atoms with Crippen LogP contribution in [0.15, 0.2) is 0 Å². The van der Waals surface area contributed by atoms with E-state index in [9.17, 15) is 19.4 Å². The van der Waals surface area contributed by atoms with Crippen molar-refractivity contribution in [3.63, 3.8) is 0 Å². The number of phosphoric ester groups is 1. The molecule has 3 N–H and O–H groups in total. The SMILES string of the molecule is CC(C)(C)CCNC(=O)[C@@H](O)C(C)(C)COP(=O)(O)OC(C)(C)C. The summed E-state index contributed by atoms with van der Waals surface area (Å²) >= 11 is 0. The monoisotopic (exact) mass is 367 g/mol. The van der Waals surface area contributed by atoms with E-state index in [0.717, 1.165) is 6.42 Å². The number of aliphatic hydroxyl groups is 1. The molecule has 8 heteroatoms. The lowest BCUT2D eigenvalue weighted by atomic mass is 9.87. The molecule has 0 saturated carbocycles. The number of phosphoric acid groups is 1. The van der Waals surface area contributed by atoms with Crippen LogP contribution in [-0.2, 0) is 18.4 Å². The van der Waals surface area contributed by atoms with Crippen molar-refractivity contribution >= 4 is 13.7 Å². The average Bonchev–Trinajstić information content (AvgIpc) is 2.31. The molecule has 144 valence electrons. The highest BCUT2D eigenvalue weighted by molar-refractivity contribution is 7.47. The van der Waals surface area contributed by atoms with Crippen LogP contribution >= 0.6 is 7.82 Å². The van der Waals surface area contributed by atoms with Crippen LogP contribution in [0.4, 0.5) is 0 Å². The molecule has 1 amide bonds. The van der Waals surface area contributed by atoms with Gasteiger partial charge in [-0.15, -0.1) is 0 Å². The van der Waals surface area contributed by atoms with Gasteiger partial charge in [-0.3, -0.25) is 13.8 Å². The molecule has 7 nitrogen and oxygen atoms in total. The Morgan fingerprint density at radius 3 is 2.04 bits per heavy atom. The molecule has 24 heavy (non-hydrogen) atoms. The third-order valence-corrected chi connectivity index (χ3v) is 4.39. The van der Waals surface area contributed by atoms with Crippen LogP contribution in [0.25, 0.3) is 0 Å². The van der Waals surface area contributed by atoms with Gasteiger partial charge in [0, 0.05) is 12.0 Å². The molecule has 0 aromatic heterocycles. The molecule has 1 unspecified atom stereocenters. The normalized spacial score (nSPS) is 17.2. The fourth-order valence-electron chi connectivity index (χ4n) is 1.71. The minimum absolute atomic E-state index is 0.0741. The van der Waals surface area contributed by atoms with Gasteiger partial charge in [-0.25, -0.2) is 4.57 Å². The minimum Gasteiger partial charge on any atom is -0.383 e. The van der Waals surface area contributed by atoms with Gasteiger partial charge in [-0.2, -0.15) is 0 Å². The predicted octanol–water partition coefficient (Wildman–Crippen LogP) is 2.86. The van der Waals surface area contributed by atoms with Crippen molar-refractivity contribution in [2.45, 2.75) is 73.5 Å². The summed E-state index contributed by atoms with van der Waals surface area (Å²) in [7, 11) is -4.27. The number of hydrogen-bond acceptors (Lipinski definition) is 5. The van der Waals surface area contributed by atoms with Gasteiger partial charge in [0.1, 0.15) is 6.10 Å². The molecule has 0 aromatic carbocycles. The molecule has 2 atom stereocenters. The number of amides is 1. The van der Waals surface area contributed by atoms with Gasteiger partial charge in [-0.1, -0.05) is 34.6 Å². The van der Waals surface area contributed by atoms with E-state index in [2.05, 4.69) is 26.1 Å². The summed E-state index contributed by atoms with van der Waals surface area (Å²) in [4.78, 5) is 21.7. The number of hydrogen-bond donors (Lipinski definition) is 3. The fourth-order valence-corrected chi connectivity index (χ4v) is 2.95. The maximum Gasteiger partial charge on any atom is 0.472 e. The summed E-state index contributed by atoms with van der Waals surface area (Å²) in [6.07, 6.45) is -0.597. The highest BCUT2D eigenvalue weighted by Gasteiger charge is 2.38. The maximum atomic E-state index is 12.0. The van der Waals surface area contributed by atoms with Gasteiger partial charge >= 0.3 is 7.82 Å². The zero-order valence-corrected chi connectivity index (χ0v) is 17.1. The Morgan fingerprint density at radius 2 is 1.62 bits per heavy atom. The maximum absolute atomic E-state index is 12.0. The van der Waals surface area contributed by atoms with E-state index in [1.54, 1.807) is 34.6 Å².